The zero-order valence-electron chi connectivity index (χ0n) is 13.4. The van der Waals surface area contributed by atoms with E-state index in [1.807, 2.05) is 0 Å². The molecule has 0 aromatic heterocycles. The topological polar surface area (TPSA) is 131 Å². The van der Waals surface area contributed by atoms with Crippen molar-refractivity contribution in [1.82, 2.24) is 5.32 Å². The van der Waals surface area contributed by atoms with Gasteiger partial charge in [-0.15, -0.1) is 0 Å². The standard InChI is InChI=1S/C17H17N3O5/c1-25-14-4-2-10(3-5-14)17(24)20-13-7-11(6-12(18)8-13)16(23)19-9-15(21)22/h2-8H,9,18H2,1H3,(H,19,23)(H,20,24)(H,21,22). The van der Waals surface area contributed by atoms with Gasteiger partial charge in [-0.25, -0.2) is 0 Å². The van der Waals surface area contributed by atoms with Gasteiger partial charge in [0.05, 0.1) is 7.11 Å². The SMILES string of the molecule is COc1ccc(C(=O)Nc2cc(N)cc(C(=O)NCC(=O)O)c2)cc1. The van der Waals surface area contributed by atoms with Gasteiger partial charge in [-0.05, 0) is 42.5 Å². The summed E-state index contributed by atoms with van der Waals surface area (Å²) in [5.74, 6) is -1.53. The zero-order valence-corrected chi connectivity index (χ0v) is 13.4. The van der Waals surface area contributed by atoms with Gasteiger partial charge < -0.3 is 26.2 Å². The molecule has 0 saturated heterocycles. The molecule has 25 heavy (non-hydrogen) atoms. The maximum Gasteiger partial charge on any atom is 0.322 e. The normalized spacial score (nSPS) is 9.96. The number of nitrogens with one attached hydrogen (secondary N) is 2. The smallest absolute Gasteiger partial charge is 0.322 e. The van der Waals surface area contributed by atoms with Crippen molar-refractivity contribution in [2.75, 3.05) is 24.7 Å². The van der Waals surface area contributed by atoms with Crippen LogP contribution in [0.4, 0.5) is 11.4 Å². The van der Waals surface area contributed by atoms with Crippen molar-refractivity contribution in [1.29, 1.82) is 0 Å². The van der Waals surface area contributed by atoms with Gasteiger partial charge in [-0.2, -0.15) is 0 Å². The molecule has 8 heteroatoms. The zero-order chi connectivity index (χ0) is 18.4. The van der Waals surface area contributed by atoms with E-state index in [9.17, 15) is 14.4 Å². The van der Waals surface area contributed by atoms with E-state index in [1.54, 1.807) is 24.3 Å². The Morgan fingerprint density at radius 3 is 2.32 bits per heavy atom. The van der Waals surface area contributed by atoms with Crippen molar-refractivity contribution < 1.29 is 24.2 Å². The van der Waals surface area contributed by atoms with Crippen molar-refractivity contribution in [3.05, 3.63) is 53.6 Å². The summed E-state index contributed by atoms with van der Waals surface area (Å²) in [5, 5.41) is 13.5. The quantitative estimate of drug-likeness (QED) is 0.586. The lowest BCUT2D eigenvalue weighted by Crippen LogP contribution is -2.29. The van der Waals surface area contributed by atoms with E-state index < -0.39 is 18.4 Å². The summed E-state index contributed by atoms with van der Waals surface area (Å²) >= 11 is 0. The molecule has 8 nitrogen and oxygen atoms in total. The van der Waals surface area contributed by atoms with Crippen LogP contribution in [0.5, 0.6) is 5.75 Å². The number of carboxylic acids is 1. The second-order valence-electron chi connectivity index (χ2n) is 5.10. The molecule has 0 spiro atoms. The highest BCUT2D eigenvalue weighted by Crippen LogP contribution is 2.18. The van der Waals surface area contributed by atoms with E-state index in [2.05, 4.69) is 10.6 Å². The number of amides is 2. The lowest BCUT2D eigenvalue weighted by Gasteiger charge is -2.10. The van der Waals surface area contributed by atoms with Gasteiger partial charge >= 0.3 is 5.97 Å². The number of ether oxygens (including phenoxy) is 1. The molecule has 0 atom stereocenters. The molecule has 0 fully saturated rings. The predicted molar refractivity (Wildman–Crippen MR) is 91.8 cm³/mol. The summed E-state index contributed by atoms with van der Waals surface area (Å²) in [4.78, 5) is 34.7. The Labute approximate surface area is 143 Å². The van der Waals surface area contributed by atoms with E-state index in [1.165, 1.54) is 25.3 Å². The van der Waals surface area contributed by atoms with Crippen molar-refractivity contribution in [3.63, 3.8) is 0 Å². The number of rotatable bonds is 6. The van der Waals surface area contributed by atoms with Crippen molar-refractivity contribution >= 4 is 29.2 Å². The summed E-state index contributed by atoms with van der Waals surface area (Å²) in [7, 11) is 1.53. The van der Waals surface area contributed by atoms with Gasteiger partial charge in [0.15, 0.2) is 0 Å². The molecule has 2 aromatic carbocycles. The van der Waals surface area contributed by atoms with Crippen LogP contribution in [0.15, 0.2) is 42.5 Å². The van der Waals surface area contributed by atoms with Crippen molar-refractivity contribution in [2.24, 2.45) is 0 Å². The summed E-state index contributed by atoms with van der Waals surface area (Å²) in [5.41, 5.74) is 6.87. The van der Waals surface area contributed by atoms with E-state index in [0.717, 1.165) is 0 Å². The number of carbonyl (C=O) groups excluding carboxylic acids is 2. The minimum atomic E-state index is -1.16. The highest BCUT2D eigenvalue weighted by Gasteiger charge is 2.12. The molecular weight excluding hydrogens is 326 g/mol. The van der Waals surface area contributed by atoms with Crippen LogP contribution < -0.4 is 21.1 Å². The van der Waals surface area contributed by atoms with Crippen molar-refractivity contribution in [2.45, 2.75) is 0 Å². The van der Waals surface area contributed by atoms with Gasteiger partial charge in [-0.3, -0.25) is 14.4 Å². The van der Waals surface area contributed by atoms with Crippen LogP contribution in [0.25, 0.3) is 0 Å². The molecular formula is C17H17N3O5. The number of hydrogen-bond donors (Lipinski definition) is 4. The van der Waals surface area contributed by atoms with Crippen molar-refractivity contribution in [3.8, 4) is 5.75 Å². The summed E-state index contributed by atoms with van der Waals surface area (Å²) < 4.78 is 5.03. The van der Waals surface area contributed by atoms with E-state index >= 15 is 0 Å². The molecule has 2 rings (SSSR count). The molecule has 0 saturated carbocycles. The third kappa shape index (κ3) is 4.96. The number of nitrogens with two attached hydrogens (primary N) is 1. The largest absolute Gasteiger partial charge is 0.497 e. The number of carboxylic acid groups (broad SMARTS) is 1. The summed E-state index contributed by atoms with van der Waals surface area (Å²) in [6.07, 6.45) is 0. The van der Waals surface area contributed by atoms with Crippen LogP contribution in [0.1, 0.15) is 20.7 Å². The number of nitrogen functional groups attached to an aromatic ring is 1. The second-order valence-corrected chi connectivity index (χ2v) is 5.10. The Kier molecular flexibility index (Phi) is 5.57. The number of aliphatic carboxylic acids is 1. The van der Waals surface area contributed by atoms with E-state index in [-0.39, 0.29) is 17.2 Å². The molecule has 0 radical (unpaired) electrons. The lowest BCUT2D eigenvalue weighted by atomic mass is 10.1. The van der Waals surface area contributed by atoms with Gasteiger partial charge in [0.1, 0.15) is 12.3 Å². The number of carbonyl (C=O) groups is 3. The molecule has 0 aliphatic heterocycles. The van der Waals surface area contributed by atoms with Gasteiger partial charge in [0.2, 0.25) is 0 Å². The first-order valence-electron chi connectivity index (χ1n) is 7.25. The maximum absolute atomic E-state index is 12.3. The van der Waals surface area contributed by atoms with E-state index in [0.29, 0.717) is 17.0 Å². The van der Waals surface area contributed by atoms with Gasteiger partial charge in [0, 0.05) is 22.5 Å². The van der Waals surface area contributed by atoms with Crippen LogP contribution in [0.2, 0.25) is 0 Å². The van der Waals surface area contributed by atoms with Gasteiger partial charge in [-0.1, -0.05) is 0 Å². The summed E-state index contributed by atoms with van der Waals surface area (Å²) in [6.45, 7) is -0.513. The van der Waals surface area contributed by atoms with Crippen LogP contribution in [-0.4, -0.2) is 36.5 Å². The third-order valence-electron chi connectivity index (χ3n) is 3.23. The van der Waals surface area contributed by atoms with E-state index in [4.69, 9.17) is 15.6 Å². The fraction of sp³-hybridized carbons (Fsp3) is 0.118. The lowest BCUT2D eigenvalue weighted by molar-refractivity contribution is -0.135. The first-order valence-corrected chi connectivity index (χ1v) is 7.25. The highest BCUT2D eigenvalue weighted by atomic mass is 16.5. The number of hydrogen-bond acceptors (Lipinski definition) is 5. The monoisotopic (exact) mass is 343 g/mol. The number of anilines is 2. The molecule has 0 aliphatic carbocycles. The molecule has 5 N–H and O–H groups in total. The van der Waals surface area contributed by atoms with Crippen LogP contribution in [-0.2, 0) is 4.79 Å². The fourth-order valence-corrected chi connectivity index (χ4v) is 2.06. The Bertz CT molecular complexity index is 802. The minimum Gasteiger partial charge on any atom is -0.497 e. The average Bonchev–Trinajstić information content (AvgIpc) is 2.59. The second kappa shape index (κ2) is 7.82. The van der Waals surface area contributed by atoms with Crippen LogP contribution in [0.3, 0.4) is 0 Å². The van der Waals surface area contributed by atoms with Gasteiger partial charge in [0.25, 0.3) is 11.8 Å². The molecule has 130 valence electrons. The minimum absolute atomic E-state index is 0.145. The molecule has 0 unspecified atom stereocenters. The third-order valence-corrected chi connectivity index (χ3v) is 3.23. The molecule has 0 aliphatic rings. The number of benzene rings is 2. The Balaban J connectivity index is 2.14. The first kappa shape index (κ1) is 17.8. The van der Waals surface area contributed by atoms with Crippen LogP contribution >= 0.6 is 0 Å². The molecule has 2 amide bonds. The Morgan fingerprint density at radius 2 is 1.72 bits per heavy atom. The fourth-order valence-electron chi connectivity index (χ4n) is 2.06. The molecule has 0 heterocycles. The first-order chi connectivity index (χ1) is 11.9. The maximum atomic E-state index is 12.3. The average molecular weight is 343 g/mol. The molecule has 0 bridgehead atoms. The molecule has 2 aromatic rings. The predicted octanol–water partition coefficient (Wildman–Crippen LogP) is 1.34. The van der Waals surface area contributed by atoms with Crippen LogP contribution in [0, 0.1) is 0 Å². The Morgan fingerprint density at radius 1 is 1.04 bits per heavy atom. The summed E-state index contributed by atoms with van der Waals surface area (Å²) in [6, 6.07) is 10.8. The highest BCUT2D eigenvalue weighted by molar-refractivity contribution is 6.05. The number of methoxy groups -OCH3 is 1. The Hall–Kier alpha value is -3.55.